The van der Waals surface area contributed by atoms with Crippen molar-refractivity contribution in [3.63, 3.8) is 0 Å². The maximum absolute atomic E-state index is 12.8. The maximum atomic E-state index is 12.8. The van der Waals surface area contributed by atoms with E-state index in [0.29, 0.717) is 6.54 Å². The molecule has 0 aliphatic heterocycles. The van der Waals surface area contributed by atoms with Gasteiger partial charge in [-0.2, -0.15) is 0 Å². The first-order valence-corrected chi connectivity index (χ1v) is 4.18. The molecule has 0 heterocycles. The van der Waals surface area contributed by atoms with E-state index in [4.69, 9.17) is 5.73 Å². The minimum atomic E-state index is -0.201. The van der Waals surface area contributed by atoms with Crippen LogP contribution in [0.15, 0.2) is 36.4 Å². The normalized spacial score (nSPS) is 9.86. The molecule has 14 heavy (non-hydrogen) atoms. The Morgan fingerprint density at radius 3 is 2.36 bits per heavy atom. The standard InChI is InChI=1S/C11H10FN.ClH/c12-11-4-3-9-5-8(7-13)1-2-10(9)6-11;/h1-6H,7,13H2;1H. The lowest BCUT2D eigenvalue weighted by atomic mass is 10.1. The van der Waals surface area contributed by atoms with E-state index < -0.39 is 0 Å². The van der Waals surface area contributed by atoms with Crippen molar-refractivity contribution in [1.82, 2.24) is 0 Å². The van der Waals surface area contributed by atoms with Crippen molar-refractivity contribution in [1.29, 1.82) is 0 Å². The first-order chi connectivity index (χ1) is 6.29. The number of nitrogens with two attached hydrogens (primary N) is 1. The average molecular weight is 212 g/mol. The molecule has 0 atom stereocenters. The summed E-state index contributed by atoms with van der Waals surface area (Å²) in [5.41, 5.74) is 6.57. The van der Waals surface area contributed by atoms with E-state index in [-0.39, 0.29) is 18.2 Å². The van der Waals surface area contributed by atoms with Gasteiger partial charge in [-0.25, -0.2) is 4.39 Å². The number of hydrogen-bond donors (Lipinski definition) is 1. The maximum Gasteiger partial charge on any atom is 0.123 e. The van der Waals surface area contributed by atoms with E-state index in [9.17, 15) is 4.39 Å². The van der Waals surface area contributed by atoms with Crippen LogP contribution in [-0.2, 0) is 6.54 Å². The molecule has 0 aromatic heterocycles. The number of benzene rings is 2. The second kappa shape index (κ2) is 4.40. The fourth-order valence-electron chi connectivity index (χ4n) is 1.39. The van der Waals surface area contributed by atoms with Crippen molar-refractivity contribution in [3.05, 3.63) is 47.8 Å². The first kappa shape index (κ1) is 11.0. The van der Waals surface area contributed by atoms with Crippen molar-refractivity contribution in [2.45, 2.75) is 6.54 Å². The first-order valence-electron chi connectivity index (χ1n) is 4.18. The number of rotatable bonds is 1. The largest absolute Gasteiger partial charge is 0.326 e. The summed E-state index contributed by atoms with van der Waals surface area (Å²) in [6.45, 7) is 0.521. The smallest absolute Gasteiger partial charge is 0.123 e. The van der Waals surface area contributed by atoms with Gasteiger partial charge in [0.15, 0.2) is 0 Å². The number of fused-ring (bicyclic) bond motifs is 1. The summed E-state index contributed by atoms with van der Waals surface area (Å²) in [4.78, 5) is 0. The van der Waals surface area contributed by atoms with Crippen LogP contribution in [0.2, 0.25) is 0 Å². The lowest BCUT2D eigenvalue weighted by molar-refractivity contribution is 0.630. The minimum Gasteiger partial charge on any atom is -0.326 e. The highest BCUT2D eigenvalue weighted by atomic mass is 35.5. The lowest BCUT2D eigenvalue weighted by Gasteiger charge is -2.00. The highest BCUT2D eigenvalue weighted by Crippen LogP contribution is 2.16. The van der Waals surface area contributed by atoms with Crippen molar-refractivity contribution in [2.24, 2.45) is 5.73 Å². The van der Waals surface area contributed by atoms with Crippen LogP contribution in [-0.4, -0.2) is 0 Å². The van der Waals surface area contributed by atoms with Gasteiger partial charge in [-0.15, -0.1) is 12.4 Å². The monoisotopic (exact) mass is 211 g/mol. The predicted molar refractivity (Wildman–Crippen MR) is 59.0 cm³/mol. The molecule has 0 fully saturated rings. The third-order valence-corrected chi connectivity index (χ3v) is 2.10. The topological polar surface area (TPSA) is 26.0 Å². The zero-order chi connectivity index (χ0) is 9.26. The minimum absolute atomic E-state index is 0. The van der Waals surface area contributed by atoms with Crippen LogP contribution >= 0.6 is 12.4 Å². The average Bonchev–Trinajstić information content (AvgIpc) is 2.17. The summed E-state index contributed by atoms with van der Waals surface area (Å²) < 4.78 is 12.8. The molecule has 2 aromatic carbocycles. The Hall–Kier alpha value is -1.12. The van der Waals surface area contributed by atoms with E-state index in [2.05, 4.69) is 0 Å². The molecule has 0 saturated carbocycles. The zero-order valence-electron chi connectivity index (χ0n) is 7.53. The molecule has 3 heteroatoms. The molecular weight excluding hydrogens is 201 g/mol. The van der Waals surface area contributed by atoms with Gasteiger partial charge in [-0.3, -0.25) is 0 Å². The highest BCUT2D eigenvalue weighted by Gasteiger charge is 1.96. The van der Waals surface area contributed by atoms with Gasteiger partial charge >= 0.3 is 0 Å². The predicted octanol–water partition coefficient (Wildman–Crippen LogP) is 2.86. The SMILES string of the molecule is Cl.NCc1ccc2cc(F)ccc2c1. The summed E-state index contributed by atoms with van der Waals surface area (Å²) >= 11 is 0. The molecule has 0 aliphatic carbocycles. The fourth-order valence-corrected chi connectivity index (χ4v) is 1.39. The highest BCUT2D eigenvalue weighted by molar-refractivity contribution is 5.85. The molecule has 1 nitrogen and oxygen atoms in total. The van der Waals surface area contributed by atoms with Crippen molar-refractivity contribution in [3.8, 4) is 0 Å². The van der Waals surface area contributed by atoms with Crippen molar-refractivity contribution >= 4 is 23.2 Å². The Morgan fingerprint density at radius 1 is 1.00 bits per heavy atom. The van der Waals surface area contributed by atoms with E-state index in [1.807, 2.05) is 18.2 Å². The summed E-state index contributed by atoms with van der Waals surface area (Å²) in [6.07, 6.45) is 0. The van der Waals surface area contributed by atoms with Crippen LogP contribution in [0.4, 0.5) is 4.39 Å². The fraction of sp³-hybridized carbons (Fsp3) is 0.0909. The molecule has 2 aromatic rings. The van der Waals surface area contributed by atoms with Gasteiger partial charge in [0, 0.05) is 6.54 Å². The molecular formula is C11H11ClFN. The van der Waals surface area contributed by atoms with Gasteiger partial charge in [-0.1, -0.05) is 18.2 Å². The van der Waals surface area contributed by atoms with Crippen LogP contribution in [0.1, 0.15) is 5.56 Å². The second-order valence-corrected chi connectivity index (χ2v) is 3.03. The Bertz CT molecular complexity index is 442. The molecule has 2 N–H and O–H groups in total. The third-order valence-electron chi connectivity index (χ3n) is 2.10. The Labute approximate surface area is 88.1 Å². The van der Waals surface area contributed by atoms with Gasteiger partial charge in [0.1, 0.15) is 5.82 Å². The molecule has 0 bridgehead atoms. The van der Waals surface area contributed by atoms with Gasteiger partial charge in [-0.05, 0) is 34.5 Å². The van der Waals surface area contributed by atoms with E-state index in [1.165, 1.54) is 12.1 Å². The van der Waals surface area contributed by atoms with Gasteiger partial charge < -0.3 is 5.73 Å². The van der Waals surface area contributed by atoms with Crippen LogP contribution in [0.5, 0.6) is 0 Å². The molecule has 0 unspecified atom stereocenters. The van der Waals surface area contributed by atoms with Crippen LogP contribution < -0.4 is 5.73 Å². The zero-order valence-corrected chi connectivity index (χ0v) is 8.35. The summed E-state index contributed by atoms with van der Waals surface area (Å²) in [6, 6.07) is 10.5. The number of hydrogen-bond acceptors (Lipinski definition) is 1. The molecule has 0 spiro atoms. The summed E-state index contributed by atoms with van der Waals surface area (Å²) in [5, 5.41) is 1.95. The Balaban J connectivity index is 0.000000980. The van der Waals surface area contributed by atoms with Crippen LogP contribution in [0.25, 0.3) is 10.8 Å². The second-order valence-electron chi connectivity index (χ2n) is 3.03. The summed E-state index contributed by atoms with van der Waals surface area (Å²) in [5.74, 6) is -0.201. The van der Waals surface area contributed by atoms with Gasteiger partial charge in [0.2, 0.25) is 0 Å². The van der Waals surface area contributed by atoms with E-state index in [0.717, 1.165) is 16.3 Å². The van der Waals surface area contributed by atoms with Crippen LogP contribution in [0, 0.1) is 5.82 Å². The third kappa shape index (κ3) is 2.03. The van der Waals surface area contributed by atoms with Gasteiger partial charge in [0.05, 0.1) is 0 Å². The molecule has 0 radical (unpaired) electrons. The lowest BCUT2D eigenvalue weighted by Crippen LogP contribution is -1.95. The van der Waals surface area contributed by atoms with Crippen molar-refractivity contribution in [2.75, 3.05) is 0 Å². The number of halogens is 2. The Kier molecular flexibility index (Phi) is 3.44. The molecule has 0 amide bonds. The van der Waals surface area contributed by atoms with Crippen molar-refractivity contribution < 1.29 is 4.39 Å². The van der Waals surface area contributed by atoms with Crippen LogP contribution in [0.3, 0.4) is 0 Å². The Morgan fingerprint density at radius 2 is 1.64 bits per heavy atom. The van der Waals surface area contributed by atoms with Gasteiger partial charge in [0.25, 0.3) is 0 Å². The molecule has 0 aliphatic rings. The molecule has 74 valence electrons. The van der Waals surface area contributed by atoms with E-state index >= 15 is 0 Å². The molecule has 0 saturated heterocycles. The summed E-state index contributed by atoms with van der Waals surface area (Å²) in [7, 11) is 0. The molecule has 2 rings (SSSR count). The quantitative estimate of drug-likeness (QED) is 0.771. The van der Waals surface area contributed by atoms with E-state index in [1.54, 1.807) is 6.07 Å².